The molecule has 24 heavy (non-hydrogen) atoms. The third kappa shape index (κ3) is 3.12. The van der Waals surface area contributed by atoms with E-state index in [2.05, 4.69) is 10.4 Å². The first-order valence-corrected chi connectivity index (χ1v) is 7.31. The summed E-state index contributed by atoms with van der Waals surface area (Å²) in [5.41, 5.74) is 2.29. The van der Waals surface area contributed by atoms with Gasteiger partial charge in [0.25, 0.3) is 5.91 Å². The molecule has 0 aliphatic rings. The normalized spacial score (nSPS) is 10.5. The second kappa shape index (κ2) is 6.54. The number of nitrogens with zero attached hydrogens (tertiary/aromatic N) is 2. The van der Waals surface area contributed by atoms with Crippen molar-refractivity contribution in [2.45, 2.75) is 0 Å². The van der Waals surface area contributed by atoms with Gasteiger partial charge in [0.15, 0.2) is 11.6 Å². The zero-order chi connectivity index (χ0) is 17.1. The summed E-state index contributed by atoms with van der Waals surface area (Å²) in [4.78, 5) is 12.6. The van der Waals surface area contributed by atoms with Crippen LogP contribution >= 0.6 is 0 Å². The van der Waals surface area contributed by atoms with Gasteiger partial charge in [0, 0.05) is 18.8 Å². The molecule has 0 unspecified atom stereocenters. The first kappa shape index (κ1) is 15.7. The van der Waals surface area contributed by atoms with Gasteiger partial charge in [0.05, 0.1) is 19.0 Å². The fourth-order valence-electron chi connectivity index (χ4n) is 2.45. The van der Waals surface area contributed by atoms with E-state index < -0.39 is 5.82 Å². The van der Waals surface area contributed by atoms with E-state index in [-0.39, 0.29) is 11.7 Å². The molecule has 0 aliphatic carbocycles. The summed E-state index contributed by atoms with van der Waals surface area (Å²) in [6, 6.07) is 11.7. The minimum atomic E-state index is -0.475. The van der Waals surface area contributed by atoms with Crippen molar-refractivity contribution >= 4 is 11.6 Å². The fourth-order valence-corrected chi connectivity index (χ4v) is 2.45. The van der Waals surface area contributed by atoms with Gasteiger partial charge in [0.1, 0.15) is 0 Å². The van der Waals surface area contributed by atoms with Crippen LogP contribution in [-0.4, -0.2) is 22.8 Å². The molecular weight excluding hydrogens is 309 g/mol. The smallest absolute Gasteiger partial charge is 0.256 e. The van der Waals surface area contributed by atoms with Crippen molar-refractivity contribution in [3.8, 4) is 16.9 Å². The second-order valence-corrected chi connectivity index (χ2v) is 5.25. The number of anilines is 1. The Bertz CT molecular complexity index is 889. The maximum absolute atomic E-state index is 14.0. The van der Waals surface area contributed by atoms with Crippen LogP contribution in [0.3, 0.4) is 0 Å². The van der Waals surface area contributed by atoms with E-state index in [1.54, 1.807) is 60.5 Å². The number of aryl methyl sites for hydroxylation is 1. The summed E-state index contributed by atoms with van der Waals surface area (Å²) in [7, 11) is 3.18. The van der Waals surface area contributed by atoms with Crippen molar-refractivity contribution in [2.75, 3.05) is 12.4 Å². The van der Waals surface area contributed by atoms with Gasteiger partial charge >= 0.3 is 0 Å². The standard InChI is InChI=1S/C18H16FN3O2/c1-22-11-13(10-20-22)21-18(23)15-6-4-3-5-14(15)12-7-8-17(24-2)16(19)9-12/h3-11H,1-2H3,(H,21,23). The van der Waals surface area contributed by atoms with Gasteiger partial charge in [-0.1, -0.05) is 24.3 Å². The topological polar surface area (TPSA) is 56.1 Å². The number of ether oxygens (including phenoxy) is 1. The summed E-state index contributed by atoms with van der Waals surface area (Å²) in [5.74, 6) is -0.594. The van der Waals surface area contributed by atoms with Crippen molar-refractivity contribution in [1.29, 1.82) is 0 Å². The largest absolute Gasteiger partial charge is 0.494 e. The van der Waals surface area contributed by atoms with Crippen molar-refractivity contribution in [1.82, 2.24) is 9.78 Å². The van der Waals surface area contributed by atoms with Crippen LogP contribution in [0.5, 0.6) is 5.75 Å². The number of benzene rings is 2. The lowest BCUT2D eigenvalue weighted by Gasteiger charge is -2.10. The zero-order valence-electron chi connectivity index (χ0n) is 13.3. The molecule has 0 saturated carbocycles. The van der Waals surface area contributed by atoms with Crippen molar-refractivity contribution < 1.29 is 13.9 Å². The number of methoxy groups -OCH3 is 1. The quantitative estimate of drug-likeness (QED) is 0.799. The van der Waals surface area contributed by atoms with E-state index in [4.69, 9.17) is 4.74 Å². The minimum Gasteiger partial charge on any atom is -0.494 e. The lowest BCUT2D eigenvalue weighted by molar-refractivity contribution is 0.102. The van der Waals surface area contributed by atoms with Crippen molar-refractivity contribution in [3.05, 3.63) is 66.2 Å². The molecule has 3 rings (SSSR count). The monoisotopic (exact) mass is 325 g/mol. The molecule has 1 amide bonds. The third-order valence-corrected chi connectivity index (χ3v) is 3.60. The molecule has 0 fully saturated rings. The molecule has 5 nitrogen and oxygen atoms in total. The number of rotatable bonds is 4. The molecule has 122 valence electrons. The molecular formula is C18H16FN3O2. The highest BCUT2D eigenvalue weighted by Crippen LogP contribution is 2.28. The molecule has 0 radical (unpaired) electrons. The number of nitrogens with one attached hydrogen (secondary N) is 1. The van der Waals surface area contributed by atoms with Crippen LogP contribution in [0.4, 0.5) is 10.1 Å². The molecule has 6 heteroatoms. The van der Waals surface area contributed by atoms with Gasteiger partial charge in [0.2, 0.25) is 0 Å². The Hall–Kier alpha value is -3.15. The van der Waals surface area contributed by atoms with Crippen molar-refractivity contribution in [3.63, 3.8) is 0 Å². The Balaban J connectivity index is 1.95. The summed E-state index contributed by atoms with van der Waals surface area (Å²) in [6.45, 7) is 0. The Labute approximate surface area is 138 Å². The van der Waals surface area contributed by atoms with E-state index in [0.29, 0.717) is 22.4 Å². The van der Waals surface area contributed by atoms with Crippen molar-refractivity contribution in [2.24, 2.45) is 7.05 Å². The number of amides is 1. The average molecular weight is 325 g/mol. The van der Waals surface area contributed by atoms with Crippen LogP contribution in [0.25, 0.3) is 11.1 Å². The highest BCUT2D eigenvalue weighted by Gasteiger charge is 2.14. The lowest BCUT2D eigenvalue weighted by Crippen LogP contribution is -2.12. The summed E-state index contributed by atoms with van der Waals surface area (Å²) in [6.07, 6.45) is 3.27. The first-order chi connectivity index (χ1) is 11.6. The predicted molar refractivity (Wildman–Crippen MR) is 89.5 cm³/mol. The predicted octanol–water partition coefficient (Wildman–Crippen LogP) is 3.49. The SMILES string of the molecule is COc1ccc(-c2ccccc2C(=O)Nc2cnn(C)c2)cc1F. The first-order valence-electron chi connectivity index (χ1n) is 7.31. The maximum atomic E-state index is 14.0. The molecule has 0 bridgehead atoms. The van der Waals surface area contributed by atoms with Gasteiger partial charge in [-0.3, -0.25) is 9.48 Å². The molecule has 1 N–H and O–H groups in total. The Kier molecular flexibility index (Phi) is 4.29. The third-order valence-electron chi connectivity index (χ3n) is 3.60. The van der Waals surface area contributed by atoms with Gasteiger partial charge in [-0.25, -0.2) is 4.39 Å². The lowest BCUT2D eigenvalue weighted by atomic mass is 9.99. The van der Waals surface area contributed by atoms with E-state index in [0.717, 1.165) is 0 Å². The zero-order valence-corrected chi connectivity index (χ0v) is 13.3. The number of hydrogen-bond acceptors (Lipinski definition) is 3. The van der Waals surface area contributed by atoms with Crippen LogP contribution in [0.1, 0.15) is 10.4 Å². The van der Waals surface area contributed by atoms with Crippen LogP contribution in [0.15, 0.2) is 54.9 Å². The van der Waals surface area contributed by atoms with E-state index in [1.807, 2.05) is 0 Å². The number of hydrogen-bond donors (Lipinski definition) is 1. The summed E-state index contributed by atoms with van der Waals surface area (Å²) in [5, 5.41) is 6.80. The fraction of sp³-hybridized carbons (Fsp3) is 0.111. The van der Waals surface area contributed by atoms with Crippen LogP contribution in [0, 0.1) is 5.82 Å². The Morgan fingerprint density at radius 1 is 1.25 bits per heavy atom. The van der Waals surface area contributed by atoms with Gasteiger partial charge in [-0.15, -0.1) is 0 Å². The van der Waals surface area contributed by atoms with Gasteiger partial charge < -0.3 is 10.1 Å². The van der Waals surface area contributed by atoms with E-state index in [1.165, 1.54) is 13.2 Å². The Morgan fingerprint density at radius 2 is 2.04 bits per heavy atom. The number of carbonyl (C=O) groups excluding carboxylic acids is 1. The molecule has 3 aromatic rings. The average Bonchev–Trinajstić information content (AvgIpc) is 2.99. The molecule has 0 atom stereocenters. The number of halogens is 1. The van der Waals surface area contributed by atoms with Gasteiger partial charge in [-0.2, -0.15) is 5.10 Å². The van der Waals surface area contributed by atoms with E-state index in [9.17, 15) is 9.18 Å². The second-order valence-electron chi connectivity index (χ2n) is 5.25. The molecule has 1 heterocycles. The van der Waals surface area contributed by atoms with Crippen LogP contribution in [0.2, 0.25) is 0 Å². The molecule has 0 spiro atoms. The molecule has 0 saturated heterocycles. The van der Waals surface area contributed by atoms with Crippen LogP contribution < -0.4 is 10.1 Å². The highest BCUT2D eigenvalue weighted by atomic mass is 19.1. The van der Waals surface area contributed by atoms with Crippen LogP contribution in [-0.2, 0) is 7.05 Å². The minimum absolute atomic E-state index is 0.163. The molecule has 1 aromatic heterocycles. The maximum Gasteiger partial charge on any atom is 0.256 e. The summed E-state index contributed by atoms with van der Waals surface area (Å²) >= 11 is 0. The number of carbonyl (C=O) groups is 1. The highest BCUT2D eigenvalue weighted by molar-refractivity contribution is 6.08. The summed E-state index contributed by atoms with van der Waals surface area (Å²) < 4.78 is 20.5. The number of aromatic nitrogens is 2. The van der Waals surface area contributed by atoms with E-state index >= 15 is 0 Å². The Morgan fingerprint density at radius 3 is 2.71 bits per heavy atom. The molecule has 2 aromatic carbocycles. The molecule has 0 aliphatic heterocycles. The van der Waals surface area contributed by atoms with Gasteiger partial charge in [-0.05, 0) is 29.3 Å².